The van der Waals surface area contributed by atoms with Gasteiger partial charge in [-0.1, -0.05) is 36.4 Å². The van der Waals surface area contributed by atoms with Crippen LogP contribution in [0.15, 0.2) is 54.6 Å². The molecular weight excluding hydrogens is 406 g/mol. The summed E-state index contributed by atoms with van der Waals surface area (Å²) in [6.45, 7) is 0. The van der Waals surface area contributed by atoms with Crippen molar-refractivity contribution in [2.24, 2.45) is 0 Å². The molecule has 0 radical (unpaired) electrons. The number of ketones is 2. The van der Waals surface area contributed by atoms with Crippen molar-refractivity contribution < 1.29 is 27.9 Å². The van der Waals surface area contributed by atoms with E-state index in [1.165, 1.54) is 18.2 Å². The van der Waals surface area contributed by atoms with E-state index in [-0.39, 0.29) is 39.4 Å². The number of hydrogen-bond acceptors (Lipinski definition) is 7. The predicted molar refractivity (Wildman–Crippen MR) is 111 cm³/mol. The van der Waals surface area contributed by atoms with Crippen LogP contribution >= 0.6 is 0 Å². The fourth-order valence-electron chi connectivity index (χ4n) is 3.44. The number of carbonyl (C=O) groups excluding carboxylic acids is 2. The van der Waals surface area contributed by atoms with Crippen molar-refractivity contribution in [2.45, 2.75) is 5.75 Å². The maximum Gasteiger partial charge on any atom is 0.198 e. The van der Waals surface area contributed by atoms with Crippen LogP contribution in [0.2, 0.25) is 0 Å². The summed E-state index contributed by atoms with van der Waals surface area (Å²) >= 11 is 0. The van der Waals surface area contributed by atoms with Crippen molar-refractivity contribution in [3.8, 4) is 17.2 Å². The van der Waals surface area contributed by atoms with E-state index < -0.39 is 27.2 Å². The first-order chi connectivity index (χ1) is 14.2. The molecule has 0 bridgehead atoms. The number of aromatic hydroxyl groups is 1. The fourth-order valence-corrected chi connectivity index (χ4v) is 4.24. The Kier molecular flexibility index (Phi) is 4.58. The second-order valence-corrected chi connectivity index (χ2v) is 9.22. The van der Waals surface area contributed by atoms with Crippen LogP contribution in [-0.4, -0.2) is 31.3 Å². The Morgan fingerprint density at radius 1 is 0.933 bits per heavy atom. The molecule has 8 heteroatoms. The van der Waals surface area contributed by atoms with E-state index in [2.05, 4.69) is 0 Å². The standard InChI is InChI=1S/C22H17NO6S/c1-30(27,28)11-12-6-8-13(9-7-12)29-17-10-16(24)18-19(20(17)23)22(26)15-5-3-2-4-14(15)21(18)25/h2-10,24H,11,23H2,1H3. The Bertz CT molecular complexity index is 1310. The summed E-state index contributed by atoms with van der Waals surface area (Å²) < 4.78 is 28.5. The highest BCUT2D eigenvalue weighted by molar-refractivity contribution is 7.89. The largest absolute Gasteiger partial charge is 0.507 e. The molecule has 0 fully saturated rings. The highest BCUT2D eigenvalue weighted by Gasteiger charge is 2.35. The van der Waals surface area contributed by atoms with Crippen LogP contribution in [-0.2, 0) is 15.6 Å². The molecule has 4 rings (SSSR count). The van der Waals surface area contributed by atoms with Gasteiger partial charge >= 0.3 is 0 Å². The van der Waals surface area contributed by atoms with Crippen molar-refractivity contribution in [3.63, 3.8) is 0 Å². The van der Waals surface area contributed by atoms with Gasteiger partial charge in [-0.2, -0.15) is 0 Å². The lowest BCUT2D eigenvalue weighted by Crippen LogP contribution is -2.22. The number of carbonyl (C=O) groups is 2. The number of hydrogen-bond donors (Lipinski definition) is 2. The fraction of sp³-hybridized carbons (Fsp3) is 0.0909. The highest BCUT2D eigenvalue weighted by Crippen LogP contribution is 2.42. The molecule has 0 unspecified atom stereocenters. The molecule has 0 saturated carbocycles. The van der Waals surface area contributed by atoms with Crippen molar-refractivity contribution in [1.29, 1.82) is 0 Å². The van der Waals surface area contributed by atoms with Crippen LogP contribution in [0.5, 0.6) is 17.2 Å². The van der Waals surface area contributed by atoms with Gasteiger partial charge in [0.2, 0.25) is 0 Å². The lowest BCUT2D eigenvalue weighted by Gasteiger charge is -2.21. The maximum atomic E-state index is 13.0. The molecule has 0 aliphatic heterocycles. The molecule has 3 aromatic rings. The molecule has 0 aromatic heterocycles. The van der Waals surface area contributed by atoms with Gasteiger partial charge in [0.1, 0.15) is 11.5 Å². The quantitative estimate of drug-likeness (QED) is 0.382. The zero-order valence-electron chi connectivity index (χ0n) is 15.9. The molecule has 0 amide bonds. The summed E-state index contributed by atoms with van der Waals surface area (Å²) in [5.41, 5.74) is 6.86. The minimum atomic E-state index is -3.17. The monoisotopic (exact) mass is 423 g/mol. The van der Waals surface area contributed by atoms with Gasteiger partial charge in [-0.25, -0.2) is 8.42 Å². The first-order valence-electron chi connectivity index (χ1n) is 8.94. The second kappa shape index (κ2) is 7.00. The molecule has 1 aliphatic rings. The van der Waals surface area contributed by atoms with Crippen molar-refractivity contribution in [2.75, 3.05) is 12.0 Å². The molecule has 7 nitrogen and oxygen atoms in total. The summed E-state index contributed by atoms with van der Waals surface area (Å²) in [6.07, 6.45) is 1.14. The van der Waals surface area contributed by atoms with Gasteiger partial charge in [-0.05, 0) is 17.7 Å². The van der Waals surface area contributed by atoms with E-state index in [4.69, 9.17) is 10.5 Å². The van der Waals surface area contributed by atoms with Crippen molar-refractivity contribution in [1.82, 2.24) is 0 Å². The minimum Gasteiger partial charge on any atom is -0.507 e. The Labute approximate surface area is 172 Å². The molecule has 30 heavy (non-hydrogen) atoms. The Morgan fingerprint density at radius 2 is 1.50 bits per heavy atom. The van der Waals surface area contributed by atoms with Crippen LogP contribution in [0.25, 0.3) is 0 Å². The van der Waals surface area contributed by atoms with E-state index >= 15 is 0 Å². The molecular formula is C22H17NO6S. The summed E-state index contributed by atoms with van der Waals surface area (Å²) in [4.78, 5) is 25.7. The average molecular weight is 423 g/mol. The SMILES string of the molecule is CS(=O)(=O)Cc1ccc(Oc2cc(O)c3c(c2N)C(=O)c2ccccc2C3=O)cc1. The smallest absolute Gasteiger partial charge is 0.198 e. The molecule has 1 aliphatic carbocycles. The molecule has 0 spiro atoms. The molecule has 3 aromatic carbocycles. The van der Waals surface area contributed by atoms with Gasteiger partial charge < -0.3 is 15.6 Å². The number of ether oxygens (including phenoxy) is 1. The second-order valence-electron chi connectivity index (χ2n) is 7.08. The highest BCUT2D eigenvalue weighted by atomic mass is 32.2. The van der Waals surface area contributed by atoms with Crippen LogP contribution in [0, 0.1) is 0 Å². The third-order valence-corrected chi connectivity index (χ3v) is 5.62. The number of benzene rings is 3. The lowest BCUT2D eigenvalue weighted by atomic mass is 9.82. The molecule has 152 valence electrons. The number of phenolic OH excluding ortho intramolecular Hbond substituents is 1. The number of nitrogen functional groups attached to an aromatic ring is 1. The van der Waals surface area contributed by atoms with Crippen LogP contribution < -0.4 is 10.5 Å². The first kappa shape index (κ1) is 19.7. The van der Waals surface area contributed by atoms with E-state index in [1.807, 2.05) is 0 Å². The van der Waals surface area contributed by atoms with Crippen molar-refractivity contribution in [3.05, 3.63) is 82.4 Å². The third kappa shape index (κ3) is 3.42. The number of anilines is 1. The van der Waals surface area contributed by atoms with Gasteiger partial charge in [-0.3, -0.25) is 9.59 Å². The Balaban J connectivity index is 1.73. The van der Waals surface area contributed by atoms with E-state index in [0.29, 0.717) is 11.3 Å². The van der Waals surface area contributed by atoms with Crippen LogP contribution in [0.4, 0.5) is 5.69 Å². The van der Waals surface area contributed by atoms with Crippen LogP contribution in [0.1, 0.15) is 37.4 Å². The molecule has 0 atom stereocenters. The topological polar surface area (TPSA) is 124 Å². The Hall–Kier alpha value is -3.65. The zero-order chi connectivity index (χ0) is 21.6. The summed E-state index contributed by atoms with van der Waals surface area (Å²) in [6, 6.07) is 13.8. The van der Waals surface area contributed by atoms with Gasteiger partial charge in [0, 0.05) is 23.4 Å². The minimum absolute atomic E-state index is 0.0163. The first-order valence-corrected chi connectivity index (χ1v) is 11.0. The predicted octanol–water partition coefficient (Wildman–Crippen LogP) is 3.09. The normalized spacial score (nSPS) is 13.0. The van der Waals surface area contributed by atoms with Gasteiger partial charge in [0.05, 0.1) is 22.6 Å². The summed E-state index contributed by atoms with van der Waals surface area (Å²) in [7, 11) is -3.17. The maximum absolute atomic E-state index is 13.0. The lowest BCUT2D eigenvalue weighted by molar-refractivity contribution is 0.0977. The number of phenols is 1. The van der Waals surface area contributed by atoms with E-state index in [1.54, 1.807) is 36.4 Å². The molecule has 0 heterocycles. The van der Waals surface area contributed by atoms with Crippen LogP contribution in [0.3, 0.4) is 0 Å². The average Bonchev–Trinajstić information content (AvgIpc) is 2.69. The summed E-state index contributed by atoms with van der Waals surface area (Å²) in [5.74, 6) is -1.12. The third-order valence-electron chi connectivity index (χ3n) is 4.76. The zero-order valence-corrected chi connectivity index (χ0v) is 16.7. The van der Waals surface area contributed by atoms with Gasteiger partial charge in [0.15, 0.2) is 27.2 Å². The van der Waals surface area contributed by atoms with E-state index in [0.717, 1.165) is 6.26 Å². The number of nitrogens with two attached hydrogens (primary N) is 1. The molecule has 3 N–H and O–H groups in total. The van der Waals surface area contributed by atoms with Gasteiger partial charge in [-0.15, -0.1) is 0 Å². The summed E-state index contributed by atoms with van der Waals surface area (Å²) in [5, 5.41) is 10.4. The number of sulfone groups is 1. The van der Waals surface area contributed by atoms with Crippen molar-refractivity contribution >= 4 is 27.1 Å². The number of rotatable bonds is 4. The molecule has 0 saturated heterocycles. The number of fused-ring (bicyclic) bond motifs is 2. The van der Waals surface area contributed by atoms with E-state index in [9.17, 15) is 23.1 Å². The Morgan fingerprint density at radius 3 is 2.07 bits per heavy atom. The van der Waals surface area contributed by atoms with Gasteiger partial charge in [0.25, 0.3) is 0 Å².